The highest BCUT2D eigenvalue weighted by Crippen LogP contribution is 2.36. The molecule has 1 atom stereocenters. The van der Waals surface area contributed by atoms with E-state index in [0.29, 0.717) is 0 Å². The quantitative estimate of drug-likeness (QED) is 0.711. The molecule has 0 aliphatic rings. The van der Waals surface area contributed by atoms with Crippen molar-refractivity contribution >= 4 is 5.91 Å². The van der Waals surface area contributed by atoms with Crippen LogP contribution in [0.25, 0.3) is 0 Å². The normalized spacial score (nSPS) is 13.8. The highest BCUT2D eigenvalue weighted by Gasteiger charge is 2.39. The number of carbonyl (C=O) groups excluding carboxylic acids is 1. The van der Waals surface area contributed by atoms with Gasteiger partial charge in [0.15, 0.2) is 0 Å². The highest BCUT2D eigenvalue weighted by atomic mass is 19.4. The van der Waals surface area contributed by atoms with Crippen LogP contribution >= 0.6 is 0 Å². The van der Waals surface area contributed by atoms with E-state index in [1.54, 1.807) is 0 Å². The molecule has 0 saturated heterocycles. The number of pyridine rings is 1. The van der Waals surface area contributed by atoms with E-state index in [4.69, 9.17) is 4.74 Å². The molecular formula is C19H18F6N2O2. The van der Waals surface area contributed by atoms with Crippen molar-refractivity contribution in [1.82, 2.24) is 10.3 Å². The number of aromatic nitrogens is 1. The molecule has 0 aliphatic carbocycles. The number of hydrogen-bond donors (Lipinski definition) is 1. The van der Waals surface area contributed by atoms with Gasteiger partial charge in [0, 0.05) is 13.3 Å². The van der Waals surface area contributed by atoms with Gasteiger partial charge in [0.25, 0.3) is 5.91 Å². The van der Waals surface area contributed by atoms with E-state index in [9.17, 15) is 31.1 Å². The topological polar surface area (TPSA) is 51.2 Å². The van der Waals surface area contributed by atoms with Crippen molar-refractivity contribution in [2.24, 2.45) is 0 Å². The smallest absolute Gasteiger partial charge is 0.369 e. The molecule has 1 heterocycles. The van der Waals surface area contributed by atoms with E-state index in [0.717, 1.165) is 42.6 Å². The molecular weight excluding hydrogens is 402 g/mol. The van der Waals surface area contributed by atoms with Crippen LogP contribution < -0.4 is 5.32 Å². The fraction of sp³-hybridized carbons (Fsp3) is 0.368. The van der Waals surface area contributed by atoms with Gasteiger partial charge in [-0.05, 0) is 43.7 Å². The number of alkyl halides is 6. The van der Waals surface area contributed by atoms with Gasteiger partial charge in [0.1, 0.15) is 5.60 Å². The average Bonchev–Trinajstić information content (AvgIpc) is 2.64. The van der Waals surface area contributed by atoms with Gasteiger partial charge in [-0.25, -0.2) is 0 Å². The van der Waals surface area contributed by atoms with Crippen LogP contribution in [0.4, 0.5) is 26.3 Å². The molecule has 0 bridgehead atoms. The van der Waals surface area contributed by atoms with Gasteiger partial charge in [-0.15, -0.1) is 0 Å². The molecule has 0 unspecified atom stereocenters. The van der Waals surface area contributed by atoms with Gasteiger partial charge >= 0.3 is 12.4 Å². The first-order chi connectivity index (χ1) is 13.3. The molecule has 158 valence electrons. The lowest BCUT2D eigenvalue weighted by Crippen LogP contribution is -2.45. The van der Waals surface area contributed by atoms with Gasteiger partial charge in [-0.2, -0.15) is 26.3 Å². The number of hydrogen-bond acceptors (Lipinski definition) is 3. The summed E-state index contributed by atoms with van der Waals surface area (Å²) in [5, 5.41) is 2.40. The minimum absolute atomic E-state index is 0.00227. The molecule has 2 aromatic rings. The largest absolute Gasteiger partial charge is 0.418 e. The molecule has 10 heteroatoms. The minimum atomic E-state index is -4.78. The SMILES string of the molecule is COC(C)(C)C(=O)N[C@@H](c1ccc(C(F)(F)F)cc1)c1ncccc1C(F)(F)F. The maximum absolute atomic E-state index is 13.5. The fourth-order valence-corrected chi connectivity index (χ4v) is 2.46. The zero-order valence-corrected chi connectivity index (χ0v) is 15.7. The highest BCUT2D eigenvalue weighted by molar-refractivity contribution is 5.85. The molecule has 0 fully saturated rings. The van der Waals surface area contributed by atoms with Crippen LogP contribution in [0.15, 0.2) is 42.6 Å². The van der Waals surface area contributed by atoms with Crippen LogP contribution in [0.3, 0.4) is 0 Å². The maximum atomic E-state index is 13.5. The predicted molar refractivity (Wildman–Crippen MR) is 91.8 cm³/mol. The van der Waals surface area contributed by atoms with E-state index in [-0.39, 0.29) is 5.56 Å². The number of nitrogens with zero attached hydrogens (tertiary/aromatic N) is 1. The van der Waals surface area contributed by atoms with Gasteiger partial charge in [-0.3, -0.25) is 9.78 Å². The molecule has 29 heavy (non-hydrogen) atoms. The number of halogens is 6. The number of methoxy groups -OCH3 is 1. The Morgan fingerprint density at radius 1 is 1.00 bits per heavy atom. The average molecular weight is 420 g/mol. The number of ether oxygens (including phenoxy) is 1. The summed E-state index contributed by atoms with van der Waals surface area (Å²) in [6.45, 7) is 2.80. The minimum Gasteiger partial charge on any atom is -0.369 e. The van der Waals surface area contributed by atoms with Gasteiger partial charge < -0.3 is 10.1 Å². The van der Waals surface area contributed by atoms with Crippen LogP contribution in [0.5, 0.6) is 0 Å². The van der Waals surface area contributed by atoms with Gasteiger partial charge in [0.2, 0.25) is 0 Å². The first-order valence-electron chi connectivity index (χ1n) is 8.32. The Labute approximate surface area is 162 Å². The van der Waals surface area contributed by atoms with E-state index in [2.05, 4.69) is 10.3 Å². The summed E-state index contributed by atoms with van der Waals surface area (Å²) in [5.74, 6) is -0.760. The lowest BCUT2D eigenvalue weighted by molar-refractivity contribution is -0.142. The number of rotatable bonds is 5. The third-order valence-corrected chi connectivity index (χ3v) is 4.32. The molecule has 4 nitrogen and oxygen atoms in total. The molecule has 2 rings (SSSR count). The second kappa shape index (κ2) is 8.02. The number of amides is 1. The summed E-state index contributed by atoms with van der Waals surface area (Å²) >= 11 is 0. The molecule has 1 amide bonds. The summed E-state index contributed by atoms with van der Waals surface area (Å²) in [5.41, 5.74) is -4.01. The van der Waals surface area contributed by atoms with Crippen LogP contribution in [-0.4, -0.2) is 23.6 Å². The van der Waals surface area contributed by atoms with Crippen molar-refractivity contribution in [1.29, 1.82) is 0 Å². The second-order valence-electron chi connectivity index (χ2n) is 6.67. The Morgan fingerprint density at radius 3 is 2.07 bits per heavy atom. The van der Waals surface area contributed by atoms with E-state index < -0.39 is 46.7 Å². The van der Waals surface area contributed by atoms with Crippen LogP contribution in [0.2, 0.25) is 0 Å². The number of benzene rings is 1. The van der Waals surface area contributed by atoms with Crippen molar-refractivity contribution < 1.29 is 35.9 Å². The molecule has 1 N–H and O–H groups in total. The predicted octanol–water partition coefficient (Wildman–Crippen LogP) is 4.75. The van der Waals surface area contributed by atoms with Gasteiger partial charge in [0.05, 0.1) is 22.9 Å². The first-order valence-corrected chi connectivity index (χ1v) is 8.32. The zero-order valence-electron chi connectivity index (χ0n) is 15.7. The zero-order chi connectivity index (χ0) is 22.0. The van der Waals surface area contributed by atoms with Crippen molar-refractivity contribution in [3.05, 3.63) is 65.0 Å². The van der Waals surface area contributed by atoms with Crippen molar-refractivity contribution in [2.75, 3.05) is 7.11 Å². The number of carbonyl (C=O) groups is 1. The Balaban J connectivity index is 2.58. The first kappa shape index (κ1) is 22.7. The lowest BCUT2D eigenvalue weighted by Gasteiger charge is -2.27. The van der Waals surface area contributed by atoms with Crippen molar-refractivity contribution in [3.63, 3.8) is 0 Å². The molecule has 0 spiro atoms. The fourth-order valence-electron chi connectivity index (χ4n) is 2.46. The number of nitrogens with one attached hydrogen (secondary N) is 1. The monoisotopic (exact) mass is 420 g/mol. The molecule has 0 aliphatic heterocycles. The molecule has 0 saturated carbocycles. The van der Waals surface area contributed by atoms with Gasteiger partial charge in [-0.1, -0.05) is 12.1 Å². The van der Waals surface area contributed by atoms with E-state index in [1.165, 1.54) is 21.0 Å². The second-order valence-corrected chi connectivity index (χ2v) is 6.67. The summed E-state index contributed by atoms with van der Waals surface area (Å²) in [6, 6.07) is 3.88. The molecule has 1 aromatic heterocycles. The van der Waals surface area contributed by atoms with Crippen LogP contribution in [0, 0.1) is 0 Å². The van der Waals surface area contributed by atoms with Crippen LogP contribution in [0.1, 0.15) is 42.3 Å². The summed E-state index contributed by atoms with van der Waals surface area (Å²) in [4.78, 5) is 16.3. The standard InChI is InChI=1S/C19H18F6N2O2/c1-17(2,29-3)16(28)27-14(11-6-8-12(9-7-11)18(20,21)22)15-13(19(23,24)25)5-4-10-26-15/h4-10,14H,1-3H3,(H,27,28)/t14-/m0/s1. The Bertz CT molecular complexity index is 860. The van der Waals surface area contributed by atoms with Crippen molar-refractivity contribution in [3.8, 4) is 0 Å². The lowest BCUT2D eigenvalue weighted by atomic mass is 9.96. The summed E-state index contributed by atoms with van der Waals surface area (Å²) in [6.07, 6.45) is -8.29. The molecule has 1 aromatic carbocycles. The Kier molecular flexibility index (Phi) is 6.27. The molecule has 0 radical (unpaired) electrons. The summed E-state index contributed by atoms with van der Waals surface area (Å²) in [7, 11) is 1.24. The third kappa shape index (κ3) is 5.26. The van der Waals surface area contributed by atoms with E-state index >= 15 is 0 Å². The summed E-state index contributed by atoms with van der Waals surface area (Å²) < 4.78 is 83.9. The van der Waals surface area contributed by atoms with E-state index in [1.807, 2.05) is 0 Å². The maximum Gasteiger partial charge on any atom is 0.418 e. The third-order valence-electron chi connectivity index (χ3n) is 4.32. The van der Waals surface area contributed by atoms with Crippen LogP contribution in [-0.2, 0) is 21.9 Å². The van der Waals surface area contributed by atoms with Crippen molar-refractivity contribution in [2.45, 2.75) is 37.8 Å². The Hall–Kier alpha value is -2.62. The Morgan fingerprint density at radius 2 is 1.59 bits per heavy atom.